The lowest BCUT2D eigenvalue weighted by atomic mass is 9.86. The average molecular weight is 245 g/mol. The molecular formula is C15H19NS. The normalized spacial score (nSPS) is 17.6. The molecule has 0 fully saturated rings. The van der Waals surface area contributed by atoms with Gasteiger partial charge in [-0.15, -0.1) is 11.3 Å². The van der Waals surface area contributed by atoms with Crippen LogP contribution in [0.15, 0.2) is 48.0 Å². The van der Waals surface area contributed by atoms with Crippen LogP contribution in [0, 0.1) is 11.8 Å². The van der Waals surface area contributed by atoms with E-state index >= 15 is 0 Å². The van der Waals surface area contributed by atoms with Crippen LogP contribution in [0.25, 0.3) is 0 Å². The molecule has 1 aromatic heterocycles. The van der Waals surface area contributed by atoms with Gasteiger partial charge >= 0.3 is 0 Å². The van der Waals surface area contributed by atoms with Crippen LogP contribution in [-0.2, 0) is 0 Å². The molecule has 1 aliphatic carbocycles. The van der Waals surface area contributed by atoms with E-state index in [4.69, 9.17) is 0 Å². The third-order valence-corrected chi connectivity index (χ3v) is 4.06. The second kappa shape index (κ2) is 5.97. The van der Waals surface area contributed by atoms with Gasteiger partial charge in [-0.05, 0) is 18.3 Å². The fraction of sp³-hybridized carbons (Fsp3) is 0.400. The number of nitrogens with zero attached hydrogens (tertiary/aromatic N) is 1. The number of hydrogen-bond donors (Lipinski definition) is 0. The average Bonchev–Trinajstić information content (AvgIpc) is 2.70. The van der Waals surface area contributed by atoms with Gasteiger partial charge in [-0.25, -0.2) is 4.98 Å². The van der Waals surface area contributed by atoms with Crippen LogP contribution >= 0.6 is 11.3 Å². The predicted octanol–water partition coefficient (Wildman–Crippen LogP) is 4.57. The minimum absolute atomic E-state index is 0.529. The van der Waals surface area contributed by atoms with Crippen LogP contribution in [0.3, 0.4) is 0 Å². The summed E-state index contributed by atoms with van der Waals surface area (Å²) < 4.78 is 0. The van der Waals surface area contributed by atoms with E-state index < -0.39 is 0 Å². The highest BCUT2D eigenvalue weighted by molar-refractivity contribution is 7.09. The Labute approximate surface area is 108 Å². The molecule has 17 heavy (non-hydrogen) atoms. The first-order valence-corrected chi connectivity index (χ1v) is 7.06. The van der Waals surface area contributed by atoms with Gasteiger partial charge in [-0.2, -0.15) is 0 Å². The predicted molar refractivity (Wildman–Crippen MR) is 75.2 cm³/mol. The molecule has 2 rings (SSSR count). The number of allylic oxidation sites excluding steroid dienone is 6. The molecule has 90 valence electrons. The highest BCUT2D eigenvalue weighted by Crippen LogP contribution is 2.33. The van der Waals surface area contributed by atoms with E-state index in [1.165, 1.54) is 5.01 Å². The van der Waals surface area contributed by atoms with Crippen molar-refractivity contribution in [3.8, 4) is 0 Å². The molecule has 2 heteroatoms. The van der Waals surface area contributed by atoms with E-state index in [2.05, 4.69) is 60.7 Å². The lowest BCUT2D eigenvalue weighted by molar-refractivity contribution is 0.440. The van der Waals surface area contributed by atoms with Crippen LogP contribution in [0.1, 0.15) is 31.2 Å². The Kier molecular flexibility index (Phi) is 4.32. The largest absolute Gasteiger partial charge is 0.249 e. The Morgan fingerprint density at radius 3 is 2.41 bits per heavy atom. The summed E-state index contributed by atoms with van der Waals surface area (Å²) in [4.78, 5) is 4.48. The number of rotatable bonds is 4. The molecular weight excluding hydrogens is 226 g/mol. The summed E-state index contributed by atoms with van der Waals surface area (Å²) in [5.74, 6) is 1.73. The molecule has 1 nitrogen and oxygen atoms in total. The third kappa shape index (κ3) is 3.40. The second-order valence-corrected chi connectivity index (χ2v) is 5.70. The second-order valence-electron chi connectivity index (χ2n) is 4.78. The maximum absolute atomic E-state index is 4.48. The summed E-state index contributed by atoms with van der Waals surface area (Å²) in [6, 6.07) is 0. The van der Waals surface area contributed by atoms with E-state index in [0.29, 0.717) is 17.8 Å². The number of thiazole rings is 1. The van der Waals surface area contributed by atoms with Gasteiger partial charge in [0.05, 0.1) is 5.01 Å². The van der Waals surface area contributed by atoms with E-state index in [1.807, 2.05) is 6.20 Å². The van der Waals surface area contributed by atoms with Crippen molar-refractivity contribution in [1.82, 2.24) is 4.98 Å². The van der Waals surface area contributed by atoms with Gasteiger partial charge in [-0.3, -0.25) is 0 Å². The molecule has 0 aliphatic heterocycles. The molecule has 0 saturated carbocycles. The number of hydrogen-bond acceptors (Lipinski definition) is 2. The molecule has 1 aromatic rings. The molecule has 0 bridgehead atoms. The Morgan fingerprint density at radius 2 is 1.88 bits per heavy atom. The topological polar surface area (TPSA) is 12.9 Å². The quantitative estimate of drug-likeness (QED) is 0.757. The summed E-state index contributed by atoms with van der Waals surface area (Å²) in [5.41, 5.74) is 0. The first kappa shape index (κ1) is 12.3. The SMILES string of the molecule is CC(C)C(CC1C=CC=CC=C1)c1nccs1. The minimum Gasteiger partial charge on any atom is -0.249 e. The molecule has 0 aromatic carbocycles. The minimum atomic E-state index is 0.529. The highest BCUT2D eigenvalue weighted by Gasteiger charge is 2.20. The van der Waals surface area contributed by atoms with Gasteiger partial charge in [0, 0.05) is 17.5 Å². The molecule has 1 unspecified atom stereocenters. The van der Waals surface area contributed by atoms with E-state index in [-0.39, 0.29) is 0 Å². The third-order valence-electron chi connectivity index (χ3n) is 3.15. The maximum Gasteiger partial charge on any atom is 0.0958 e. The zero-order valence-corrected chi connectivity index (χ0v) is 11.2. The molecule has 0 spiro atoms. The van der Waals surface area contributed by atoms with Crippen molar-refractivity contribution in [3.05, 3.63) is 53.0 Å². The summed E-state index contributed by atoms with van der Waals surface area (Å²) in [7, 11) is 0. The summed E-state index contributed by atoms with van der Waals surface area (Å²) in [5, 5.41) is 3.35. The van der Waals surface area contributed by atoms with Crippen LogP contribution in [-0.4, -0.2) is 4.98 Å². The summed E-state index contributed by atoms with van der Waals surface area (Å²) >= 11 is 1.78. The molecule has 0 N–H and O–H groups in total. The van der Waals surface area contributed by atoms with Crippen LogP contribution in [0.5, 0.6) is 0 Å². The lowest BCUT2D eigenvalue weighted by Gasteiger charge is -2.21. The fourth-order valence-corrected chi connectivity index (χ4v) is 3.06. The Bertz CT molecular complexity index is 396. The molecule has 1 aliphatic rings. The fourth-order valence-electron chi connectivity index (χ4n) is 2.13. The van der Waals surface area contributed by atoms with Crippen molar-refractivity contribution >= 4 is 11.3 Å². The van der Waals surface area contributed by atoms with Crippen molar-refractivity contribution in [2.24, 2.45) is 11.8 Å². The van der Waals surface area contributed by atoms with Crippen molar-refractivity contribution in [3.63, 3.8) is 0 Å². The Balaban J connectivity index is 2.08. The lowest BCUT2D eigenvalue weighted by Crippen LogP contribution is -2.10. The van der Waals surface area contributed by atoms with Gasteiger partial charge in [0.15, 0.2) is 0 Å². The molecule has 0 saturated heterocycles. The van der Waals surface area contributed by atoms with Gasteiger partial charge in [0.1, 0.15) is 0 Å². The van der Waals surface area contributed by atoms with Crippen molar-refractivity contribution in [1.29, 1.82) is 0 Å². The molecule has 1 heterocycles. The standard InChI is InChI=1S/C15H19NS/c1-12(2)14(15-16-9-10-17-15)11-13-7-5-3-4-6-8-13/h3-10,12-14H,11H2,1-2H3. The first-order valence-electron chi connectivity index (χ1n) is 6.18. The first-order chi connectivity index (χ1) is 8.27. The van der Waals surface area contributed by atoms with Crippen LogP contribution in [0.4, 0.5) is 0 Å². The van der Waals surface area contributed by atoms with Gasteiger partial charge in [0.25, 0.3) is 0 Å². The Morgan fingerprint density at radius 1 is 1.18 bits per heavy atom. The molecule has 0 amide bonds. The zero-order valence-electron chi connectivity index (χ0n) is 10.4. The van der Waals surface area contributed by atoms with E-state index in [1.54, 1.807) is 11.3 Å². The highest BCUT2D eigenvalue weighted by atomic mass is 32.1. The van der Waals surface area contributed by atoms with E-state index in [9.17, 15) is 0 Å². The smallest absolute Gasteiger partial charge is 0.0958 e. The molecule has 0 radical (unpaired) electrons. The van der Waals surface area contributed by atoms with E-state index in [0.717, 1.165) is 6.42 Å². The zero-order chi connectivity index (χ0) is 12.1. The summed E-state index contributed by atoms with van der Waals surface area (Å²) in [6.07, 6.45) is 16.1. The monoisotopic (exact) mass is 245 g/mol. The van der Waals surface area contributed by atoms with Gasteiger partial charge in [0.2, 0.25) is 0 Å². The van der Waals surface area contributed by atoms with Crippen LogP contribution in [0.2, 0.25) is 0 Å². The summed E-state index contributed by atoms with van der Waals surface area (Å²) in [6.45, 7) is 4.57. The van der Waals surface area contributed by atoms with Crippen molar-refractivity contribution in [2.45, 2.75) is 26.2 Å². The van der Waals surface area contributed by atoms with Crippen molar-refractivity contribution < 1.29 is 0 Å². The number of aromatic nitrogens is 1. The Hall–Kier alpha value is -1.15. The van der Waals surface area contributed by atoms with Crippen molar-refractivity contribution in [2.75, 3.05) is 0 Å². The van der Waals surface area contributed by atoms with Crippen LogP contribution < -0.4 is 0 Å². The van der Waals surface area contributed by atoms with Gasteiger partial charge in [-0.1, -0.05) is 50.3 Å². The maximum atomic E-state index is 4.48. The van der Waals surface area contributed by atoms with Gasteiger partial charge < -0.3 is 0 Å². The molecule has 1 atom stereocenters.